The number of aryl methyl sites for hydroxylation is 3. The molecule has 0 saturated carbocycles. The monoisotopic (exact) mass is 285 g/mol. The predicted octanol–water partition coefficient (Wildman–Crippen LogP) is 2.46. The van der Waals surface area contributed by atoms with Crippen LogP contribution in [0.15, 0.2) is 12.1 Å². The highest BCUT2D eigenvalue weighted by atomic mass is 16.2. The van der Waals surface area contributed by atoms with Gasteiger partial charge in [-0.05, 0) is 57.4 Å². The number of nitrogens with one attached hydrogen (secondary N) is 3. The molecule has 1 atom stereocenters. The van der Waals surface area contributed by atoms with Gasteiger partial charge in [0, 0.05) is 17.6 Å². The molecule has 1 aromatic carbocycles. The minimum atomic E-state index is -0.0163. The SMILES string of the molecule is Cc1cc(CNC(=O)C2CCCN2)c2[nH]c(C)c(C)c2c1. The quantitative estimate of drug-likeness (QED) is 0.811. The topological polar surface area (TPSA) is 56.9 Å². The fourth-order valence-corrected chi connectivity index (χ4v) is 3.14. The van der Waals surface area contributed by atoms with Crippen LogP contribution in [0, 0.1) is 20.8 Å². The van der Waals surface area contributed by atoms with Crippen LogP contribution in [-0.2, 0) is 11.3 Å². The number of aromatic amines is 1. The Morgan fingerprint density at radius 1 is 1.33 bits per heavy atom. The van der Waals surface area contributed by atoms with Crippen molar-refractivity contribution >= 4 is 16.8 Å². The van der Waals surface area contributed by atoms with Gasteiger partial charge in [0.2, 0.25) is 5.91 Å². The van der Waals surface area contributed by atoms with E-state index in [4.69, 9.17) is 0 Å². The third-order valence-corrected chi connectivity index (χ3v) is 4.47. The van der Waals surface area contributed by atoms with Crippen LogP contribution in [0.5, 0.6) is 0 Å². The van der Waals surface area contributed by atoms with Gasteiger partial charge in [-0.15, -0.1) is 0 Å². The first-order chi connectivity index (χ1) is 10.1. The fourth-order valence-electron chi connectivity index (χ4n) is 3.14. The van der Waals surface area contributed by atoms with Gasteiger partial charge in [-0.3, -0.25) is 4.79 Å². The highest BCUT2D eigenvalue weighted by Gasteiger charge is 2.21. The lowest BCUT2D eigenvalue weighted by Crippen LogP contribution is -2.40. The van der Waals surface area contributed by atoms with Crippen molar-refractivity contribution in [1.29, 1.82) is 0 Å². The Kier molecular flexibility index (Phi) is 3.72. The lowest BCUT2D eigenvalue weighted by molar-refractivity contribution is -0.122. The molecular weight excluding hydrogens is 262 g/mol. The second kappa shape index (κ2) is 5.53. The van der Waals surface area contributed by atoms with Crippen molar-refractivity contribution in [2.45, 2.75) is 46.2 Å². The van der Waals surface area contributed by atoms with Crippen molar-refractivity contribution in [2.75, 3.05) is 6.54 Å². The van der Waals surface area contributed by atoms with Gasteiger partial charge in [0.15, 0.2) is 0 Å². The second-order valence-corrected chi connectivity index (χ2v) is 6.09. The first-order valence-corrected chi connectivity index (χ1v) is 7.66. The maximum Gasteiger partial charge on any atom is 0.237 e. The normalized spacial score (nSPS) is 18.3. The summed E-state index contributed by atoms with van der Waals surface area (Å²) in [4.78, 5) is 15.6. The number of hydrogen-bond acceptors (Lipinski definition) is 2. The Labute approximate surface area is 125 Å². The van der Waals surface area contributed by atoms with Gasteiger partial charge in [-0.25, -0.2) is 0 Å². The van der Waals surface area contributed by atoms with Gasteiger partial charge in [0.1, 0.15) is 0 Å². The predicted molar refractivity (Wildman–Crippen MR) is 85.4 cm³/mol. The molecule has 3 N–H and O–H groups in total. The fraction of sp³-hybridized carbons (Fsp3) is 0.471. The van der Waals surface area contributed by atoms with Crippen LogP contribution in [-0.4, -0.2) is 23.5 Å². The van der Waals surface area contributed by atoms with E-state index in [-0.39, 0.29) is 11.9 Å². The number of hydrogen-bond donors (Lipinski definition) is 3. The molecule has 1 aliphatic heterocycles. The molecule has 4 heteroatoms. The minimum absolute atomic E-state index is 0.0163. The molecule has 1 fully saturated rings. The lowest BCUT2D eigenvalue weighted by Gasteiger charge is -2.12. The smallest absolute Gasteiger partial charge is 0.237 e. The molecule has 0 spiro atoms. The average Bonchev–Trinajstić information content (AvgIpc) is 3.07. The van der Waals surface area contributed by atoms with Crippen LogP contribution < -0.4 is 10.6 Å². The maximum absolute atomic E-state index is 12.1. The zero-order valence-electron chi connectivity index (χ0n) is 13.0. The van der Waals surface area contributed by atoms with Crippen LogP contribution in [0.2, 0.25) is 0 Å². The number of rotatable bonds is 3. The molecule has 4 nitrogen and oxygen atoms in total. The molecule has 1 aromatic heterocycles. The van der Waals surface area contributed by atoms with Gasteiger partial charge >= 0.3 is 0 Å². The van der Waals surface area contributed by atoms with Crippen LogP contribution in [0.25, 0.3) is 10.9 Å². The molecule has 2 heterocycles. The first-order valence-electron chi connectivity index (χ1n) is 7.66. The highest BCUT2D eigenvalue weighted by molar-refractivity contribution is 5.88. The molecule has 1 amide bonds. The largest absolute Gasteiger partial charge is 0.358 e. The number of H-pyrrole nitrogens is 1. The second-order valence-electron chi connectivity index (χ2n) is 6.09. The standard InChI is InChI=1S/C17H23N3O/c1-10-7-13(9-19-17(21)15-5-4-6-18-15)16-14(8-10)11(2)12(3)20-16/h7-8,15,18,20H,4-6,9H2,1-3H3,(H,19,21). The molecule has 2 aromatic rings. The van der Waals surface area contributed by atoms with Crippen LogP contribution in [0.4, 0.5) is 0 Å². The maximum atomic E-state index is 12.1. The van der Waals surface area contributed by atoms with Gasteiger partial charge in [-0.1, -0.05) is 11.6 Å². The molecule has 0 aliphatic carbocycles. The molecule has 3 rings (SSSR count). The van der Waals surface area contributed by atoms with E-state index in [2.05, 4.69) is 48.5 Å². The van der Waals surface area contributed by atoms with Crippen molar-refractivity contribution in [3.05, 3.63) is 34.5 Å². The Morgan fingerprint density at radius 3 is 2.86 bits per heavy atom. The summed E-state index contributed by atoms with van der Waals surface area (Å²) in [6.07, 6.45) is 2.03. The lowest BCUT2D eigenvalue weighted by atomic mass is 10.0. The Bertz CT molecular complexity index is 681. The van der Waals surface area contributed by atoms with Gasteiger partial charge < -0.3 is 15.6 Å². The molecule has 112 valence electrons. The third kappa shape index (κ3) is 2.68. The van der Waals surface area contributed by atoms with E-state index in [1.807, 2.05) is 0 Å². The average molecular weight is 285 g/mol. The number of carbonyl (C=O) groups is 1. The molecule has 0 radical (unpaired) electrons. The summed E-state index contributed by atoms with van der Waals surface area (Å²) in [6, 6.07) is 4.34. The van der Waals surface area contributed by atoms with Crippen molar-refractivity contribution in [3.63, 3.8) is 0 Å². The number of fused-ring (bicyclic) bond motifs is 1. The number of aromatic nitrogens is 1. The minimum Gasteiger partial charge on any atom is -0.358 e. The summed E-state index contributed by atoms with van der Waals surface area (Å²) in [6.45, 7) is 7.86. The van der Waals surface area contributed by atoms with E-state index in [0.29, 0.717) is 6.54 Å². The summed E-state index contributed by atoms with van der Waals surface area (Å²) >= 11 is 0. The zero-order chi connectivity index (χ0) is 15.0. The molecule has 1 unspecified atom stereocenters. The zero-order valence-corrected chi connectivity index (χ0v) is 13.0. The summed E-state index contributed by atoms with van der Waals surface area (Å²) in [5.41, 5.74) is 6.02. The molecule has 21 heavy (non-hydrogen) atoms. The number of carbonyl (C=O) groups excluding carboxylic acids is 1. The van der Waals surface area contributed by atoms with Crippen LogP contribution in [0.1, 0.15) is 35.2 Å². The van der Waals surface area contributed by atoms with Crippen molar-refractivity contribution in [1.82, 2.24) is 15.6 Å². The molecule has 0 bridgehead atoms. The van der Waals surface area contributed by atoms with E-state index in [1.165, 1.54) is 22.2 Å². The van der Waals surface area contributed by atoms with E-state index in [9.17, 15) is 4.79 Å². The van der Waals surface area contributed by atoms with Crippen molar-refractivity contribution < 1.29 is 4.79 Å². The molecule has 1 aliphatic rings. The number of amides is 1. The van der Waals surface area contributed by atoms with E-state index >= 15 is 0 Å². The summed E-state index contributed by atoms with van der Waals surface area (Å²) in [7, 11) is 0. The Hall–Kier alpha value is -1.81. The van der Waals surface area contributed by atoms with Crippen LogP contribution >= 0.6 is 0 Å². The summed E-state index contributed by atoms with van der Waals surface area (Å²) < 4.78 is 0. The third-order valence-electron chi connectivity index (χ3n) is 4.47. The summed E-state index contributed by atoms with van der Waals surface area (Å²) in [5.74, 6) is 0.113. The van der Waals surface area contributed by atoms with Gasteiger partial charge in [0.25, 0.3) is 0 Å². The Morgan fingerprint density at radius 2 is 2.14 bits per heavy atom. The first kappa shape index (κ1) is 14.1. The van der Waals surface area contributed by atoms with Crippen LogP contribution in [0.3, 0.4) is 0 Å². The van der Waals surface area contributed by atoms with E-state index in [1.54, 1.807) is 0 Å². The highest BCUT2D eigenvalue weighted by Crippen LogP contribution is 2.26. The van der Waals surface area contributed by atoms with Gasteiger partial charge in [0.05, 0.1) is 11.6 Å². The van der Waals surface area contributed by atoms with Crippen molar-refractivity contribution in [3.8, 4) is 0 Å². The molecular formula is C17H23N3O. The van der Waals surface area contributed by atoms with E-state index in [0.717, 1.165) is 30.5 Å². The summed E-state index contributed by atoms with van der Waals surface area (Å²) in [5, 5.41) is 7.56. The van der Waals surface area contributed by atoms with E-state index < -0.39 is 0 Å². The van der Waals surface area contributed by atoms with Crippen molar-refractivity contribution in [2.24, 2.45) is 0 Å². The number of benzene rings is 1. The molecule has 1 saturated heterocycles. The van der Waals surface area contributed by atoms with Gasteiger partial charge in [-0.2, -0.15) is 0 Å². The Balaban J connectivity index is 1.83.